The smallest absolute Gasteiger partial charge is 0.192 e. The van der Waals surface area contributed by atoms with E-state index in [4.69, 9.17) is 18.9 Å². The first-order valence-electron chi connectivity index (χ1n) is 16.2. The standard InChI is InChI=1S/C33H55N7O2Si2/c1-13-27(14-2)39-22-26(20-36-39)31-30-15-17-34-40(30)24-29(37-31)25-19-35-38(21-25)23-28(42-44(11,12)33(6,7)8)16-18-41-43(9,10)32(3,4)5/h15,17,19-22,24,27-28H,13-14,16,18,23H2,1-12H3/t28-/m0/s1. The van der Waals surface area contributed by atoms with Crippen molar-refractivity contribution in [1.82, 2.24) is 34.2 Å². The molecule has 242 valence electrons. The largest absolute Gasteiger partial charge is 0.417 e. The molecular weight excluding hydrogens is 583 g/mol. The number of nitrogens with zero attached hydrogens (tertiary/aromatic N) is 7. The van der Waals surface area contributed by atoms with Gasteiger partial charge in [0.1, 0.15) is 0 Å². The molecule has 0 spiro atoms. The van der Waals surface area contributed by atoms with Crippen LogP contribution in [-0.2, 0) is 15.4 Å². The third kappa shape index (κ3) is 7.60. The molecule has 1 atom stereocenters. The van der Waals surface area contributed by atoms with Crippen molar-refractivity contribution < 1.29 is 8.85 Å². The van der Waals surface area contributed by atoms with Gasteiger partial charge in [0.05, 0.1) is 60.4 Å². The van der Waals surface area contributed by atoms with Gasteiger partial charge in [0.15, 0.2) is 16.6 Å². The zero-order valence-electron chi connectivity index (χ0n) is 29.2. The van der Waals surface area contributed by atoms with Crippen LogP contribution >= 0.6 is 0 Å². The van der Waals surface area contributed by atoms with Gasteiger partial charge in [0, 0.05) is 30.1 Å². The summed E-state index contributed by atoms with van der Waals surface area (Å²) in [6, 6.07) is 2.37. The van der Waals surface area contributed by atoms with E-state index >= 15 is 0 Å². The van der Waals surface area contributed by atoms with Gasteiger partial charge in [-0.05, 0) is 61.6 Å². The molecule has 0 fully saturated rings. The van der Waals surface area contributed by atoms with E-state index in [-0.39, 0.29) is 16.2 Å². The Bertz CT molecular complexity index is 1520. The van der Waals surface area contributed by atoms with E-state index in [1.807, 2.05) is 40.1 Å². The third-order valence-corrected chi connectivity index (χ3v) is 19.0. The van der Waals surface area contributed by atoms with Crippen LogP contribution in [0.5, 0.6) is 0 Å². The molecule has 0 saturated carbocycles. The van der Waals surface area contributed by atoms with Gasteiger partial charge >= 0.3 is 0 Å². The summed E-state index contributed by atoms with van der Waals surface area (Å²) >= 11 is 0. The fourth-order valence-electron chi connectivity index (χ4n) is 4.85. The fraction of sp³-hybridized carbons (Fsp3) is 0.636. The SMILES string of the molecule is CCC(CC)n1cc(-c2nc(-c3cnn(C[C@H](CCO[Si](C)(C)C(C)(C)C)O[Si](C)(C)C(C)(C)C)c3)cn3nccc23)cn1. The van der Waals surface area contributed by atoms with Gasteiger partial charge in [-0.2, -0.15) is 15.3 Å². The quantitative estimate of drug-likeness (QED) is 0.137. The molecule has 4 aromatic heterocycles. The predicted molar refractivity (Wildman–Crippen MR) is 185 cm³/mol. The zero-order valence-corrected chi connectivity index (χ0v) is 31.2. The number of aromatic nitrogens is 7. The molecule has 0 amide bonds. The van der Waals surface area contributed by atoms with E-state index < -0.39 is 16.6 Å². The highest BCUT2D eigenvalue weighted by molar-refractivity contribution is 6.74. The Morgan fingerprint density at radius 3 is 2.11 bits per heavy atom. The maximum absolute atomic E-state index is 6.96. The minimum atomic E-state index is -2.01. The van der Waals surface area contributed by atoms with Crippen LogP contribution in [0, 0.1) is 0 Å². The zero-order chi connectivity index (χ0) is 32.5. The molecule has 4 rings (SSSR count). The summed E-state index contributed by atoms with van der Waals surface area (Å²) < 4.78 is 19.5. The van der Waals surface area contributed by atoms with Crippen LogP contribution in [0.15, 0.2) is 43.2 Å². The molecule has 4 aromatic rings. The molecule has 0 aliphatic rings. The van der Waals surface area contributed by atoms with Crippen LogP contribution in [0.3, 0.4) is 0 Å². The predicted octanol–water partition coefficient (Wildman–Crippen LogP) is 8.62. The molecule has 44 heavy (non-hydrogen) atoms. The molecule has 0 aromatic carbocycles. The summed E-state index contributed by atoms with van der Waals surface area (Å²) in [5.41, 5.74) is 4.57. The normalized spacial score (nSPS) is 14.2. The molecule has 0 aliphatic carbocycles. The molecule has 4 heterocycles. The summed E-state index contributed by atoms with van der Waals surface area (Å²) in [6.45, 7) is 28.7. The van der Waals surface area contributed by atoms with Crippen molar-refractivity contribution in [1.29, 1.82) is 0 Å². The first-order chi connectivity index (χ1) is 20.5. The monoisotopic (exact) mass is 637 g/mol. The Morgan fingerprint density at radius 2 is 1.48 bits per heavy atom. The van der Waals surface area contributed by atoms with Crippen LogP contribution < -0.4 is 0 Å². The minimum Gasteiger partial charge on any atom is -0.417 e. The van der Waals surface area contributed by atoms with Crippen LogP contribution in [0.2, 0.25) is 36.3 Å². The number of fused-ring (bicyclic) bond motifs is 1. The van der Waals surface area contributed by atoms with E-state index in [1.165, 1.54) is 0 Å². The van der Waals surface area contributed by atoms with Crippen LogP contribution in [0.1, 0.15) is 80.7 Å². The lowest BCUT2D eigenvalue weighted by molar-refractivity contribution is 0.122. The molecule has 0 saturated heterocycles. The lowest BCUT2D eigenvalue weighted by atomic mass is 10.1. The van der Waals surface area contributed by atoms with Gasteiger partial charge in [-0.3, -0.25) is 9.36 Å². The van der Waals surface area contributed by atoms with Gasteiger partial charge in [-0.1, -0.05) is 55.4 Å². The highest BCUT2D eigenvalue weighted by atomic mass is 28.4. The lowest BCUT2D eigenvalue weighted by Crippen LogP contribution is -2.46. The van der Waals surface area contributed by atoms with Crippen molar-refractivity contribution in [3.63, 3.8) is 0 Å². The Hall–Kier alpha value is -2.61. The first kappa shape index (κ1) is 34.3. The molecule has 0 N–H and O–H groups in total. The van der Waals surface area contributed by atoms with Crippen molar-refractivity contribution in [3.05, 3.63) is 43.2 Å². The number of hydrogen-bond donors (Lipinski definition) is 0. The molecule has 0 radical (unpaired) electrons. The summed E-state index contributed by atoms with van der Waals surface area (Å²) in [7, 11) is -3.86. The minimum absolute atomic E-state index is 0.00133. The van der Waals surface area contributed by atoms with E-state index in [1.54, 1.807) is 0 Å². The third-order valence-electron chi connectivity index (χ3n) is 9.88. The number of hydrogen-bond acceptors (Lipinski definition) is 6. The fourth-order valence-corrected chi connectivity index (χ4v) is 7.29. The van der Waals surface area contributed by atoms with Crippen molar-refractivity contribution in [2.24, 2.45) is 0 Å². The van der Waals surface area contributed by atoms with Crippen LogP contribution in [0.25, 0.3) is 28.0 Å². The molecule has 9 nitrogen and oxygen atoms in total. The van der Waals surface area contributed by atoms with E-state index in [0.29, 0.717) is 19.2 Å². The average Bonchev–Trinajstić information content (AvgIpc) is 3.68. The highest BCUT2D eigenvalue weighted by Crippen LogP contribution is 2.39. The maximum atomic E-state index is 6.96. The molecule has 11 heteroatoms. The van der Waals surface area contributed by atoms with Crippen LogP contribution in [0.4, 0.5) is 0 Å². The summed E-state index contributed by atoms with van der Waals surface area (Å²) in [5.74, 6) is 0. The Morgan fingerprint density at radius 1 is 0.818 bits per heavy atom. The van der Waals surface area contributed by atoms with Crippen LogP contribution in [-0.4, -0.2) is 63.5 Å². The topological polar surface area (TPSA) is 84.3 Å². The second kappa shape index (κ2) is 13.0. The van der Waals surface area contributed by atoms with Gasteiger partial charge < -0.3 is 8.85 Å². The van der Waals surface area contributed by atoms with E-state index in [0.717, 1.165) is 47.3 Å². The maximum Gasteiger partial charge on any atom is 0.192 e. The van der Waals surface area contributed by atoms with Gasteiger partial charge in [0.2, 0.25) is 0 Å². The average molecular weight is 638 g/mol. The summed E-state index contributed by atoms with van der Waals surface area (Å²) in [6.07, 6.45) is 14.7. The lowest BCUT2D eigenvalue weighted by Gasteiger charge is -2.40. The summed E-state index contributed by atoms with van der Waals surface area (Å²) in [5, 5.41) is 14.3. The second-order valence-corrected chi connectivity index (χ2v) is 24.7. The Balaban J connectivity index is 1.59. The molecule has 0 aliphatic heterocycles. The second-order valence-electron chi connectivity index (χ2n) is 15.2. The molecule has 0 bridgehead atoms. The van der Waals surface area contributed by atoms with Crippen molar-refractivity contribution in [2.75, 3.05) is 6.61 Å². The highest BCUT2D eigenvalue weighted by Gasteiger charge is 2.40. The van der Waals surface area contributed by atoms with E-state index in [2.05, 4.69) is 109 Å². The molecule has 0 unspecified atom stereocenters. The molecular formula is C33H55N7O2Si2. The van der Waals surface area contributed by atoms with Gasteiger partial charge in [-0.15, -0.1) is 0 Å². The Labute approximate surface area is 266 Å². The van der Waals surface area contributed by atoms with Crippen molar-refractivity contribution >= 4 is 22.2 Å². The first-order valence-corrected chi connectivity index (χ1v) is 22.0. The van der Waals surface area contributed by atoms with Crippen molar-refractivity contribution in [3.8, 4) is 22.5 Å². The summed E-state index contributed by atoms with van der Waals surface area (Å²) in [4.78, 5) is 5.11. The number of rotatable bonds is 13. The van der Waals surface area contributed by atoms with E-state index in [9.17, 15) is 0 Å². The van der Waals surface area contributed by atoms with Crippen molar-refractivity contribution in [2.45, 2.75) is 130 Å². The Kier molecular flexibility index (Phi) is 10.1. The van der Waals surface area contributed by atoms with Gasteiger partial charge in [0.25, 0.3) is 0 Å². The van der Waals surface area contributed by atoms with Gasteiger partial charge in [-0.25, -0.2) is 9.50 Å².